The van der Waals surface area contributed by atoms with Crippen molar-refractivity contribution >= 4 is 17.6 Å². The highest BCUT2D eigenvalue weighted by Gasteiger charge is 2.18. The first kappa shape index (κ1) is 23.7. The number of ether oxygens (including phenoxy) is 1. The lowest BCUT2D eigenvalue weighted by Gasteiger charge is -2.29. The molecule has 0 bridgehead atoms. The van der Waals surface area contributed by atoms with Crippen molar-refractivity contribution in [2.45, 2.75) is 58.3 Å². The number of hydrogen-bond acceptors (Lipinski definition) is 10. The smallest absolute Gasteiger partial charge is 0.226 e. The van der Waals surface area contributed by atoms with Gasteiger partial charge in [-0.25, -0.2) is 0 Å². The summed E-state index contributed by atoms with van der Waals surface area (Å²) in [4.78, 5) is 11.8. The third-order valence-electron chi connectivity index (χ3n) is 5.87. The summed E-state index contributed by atoms with van der Waals surface area (Å²) >= 11 is 0. The Labute approximate surface area is 196 Å². The van der Waals surface area contributed by atoms with Crippen molar-refractivity contribution in [3.63, 3.8) is 0 Å². The summed E-state index contributed by atoms with van der Waals surface area (Å²) < 4.78 is 7.41. The van der Waals surface area contributed by atoms with Crippen LogP contribution in [0, 0.1) is 0 Å². The number of piperidine rings is 1. The van der Waals surface area contributed by atoms with Gasteiger partial charge in [0.1, 0.15) is 17.3 Å². The highest BCUT2D eigenvalue weighted by Crippen LogP contribution is 2.21. The Balaban J connectivity index is 1.37. The third-order valence-corrected chi connectivity index (χ3v) is 5.87. The fraction of sp³-hybridized carbons (Fsp3) is 0.727. The maximum atomic E-state index is 5.51. The van der Waals surface area contributed by atoms with E-state index in [1.807, 2.05) is 10.9 Å². The number of anilines is 3. The average molecular weight is 459 g/mol. The molecule has 11 nitrogen and oxygen atoms in total. The van der Waals surface area contributed by atoms with Gasteiger partial charge in [-0.3, -0.25) is 4.68 Å². The minimum atomic E-state index is 0.427. The molecule has 33 heavy (non-hydrogen) atoms. The summed E-state index contributed by atoms with van der Waals surface area (Å²) in [5, 5.41) is 22.3. The van der Waals surface area contributed by atoms with Gasteiger partial charge in [-0.1, -0.05) is 19.1 Å². The Morgan fingerprint density at radius 2 is 2.00 bits per heavy atom. The van der Waals surface area contributed by atoms with E-state index in [1.165, 1.54) is 0 Å². The highest BCUT2D eigenvalue weighted by molar-refractivity contribution is 5.54. The molecule has 0 amide bonds. The van der Waals surface area contributed by atoms with E-state index in [1.54, 1.807) is 0 Å². The molecule has 2 fully saturated rings. The molecule has 4 rings (SSSR count). The Bertz CT molecular complexity index is 845. The summed E-state index contributed by atoms with van der Waals surface area (Å²) in [6, 6.07) is 2.99. The predicted molar refractivity (Wildman–Crippen MR) is 130 cm³/mol. The van der Waals surface area contributed by atoms with Crippen molar-refractivity contribution in [2.24, 2.45) is 0 Å². The quantitative estimate of drug-likeness (QED) is 0.364. The van der Waals surface area contributed by atoms with Gasteiger partial charge in [-0.05, 0) is 38.9 Å². The molecule has 4 heterocycles. The second-order valence-corrected chi connectivity index (χ2v) is 8.99. The van der Waals surface area contributed by atoms with Crippen LogP contribution in [0.25, 0.3) is 0 Å². The van der Waals surface area contributed by atoms with Crippen LogP contribution in [-0.2, 0) is 17.8 Å². The van der Waals surface area contributed by atoms with E-state index >= 15 is 0 Å². The maximum absolute atomic E-state index is 5.51. The van der Waals surface area contributed by atoms with E-state index < -0.39 is 0 Å². The maximum Gasteiger partial charge on any atom is 0.226 e. The van der Waals surface area contributed by atoms with Crippen LogP contribution in [0.1, 0.15) is 38.8 Å². The molecule has 0 spiro atoms. The van der Waals surface area contributed by atoms with Gasteiger partial charge in [-0.15, -0.1) is 5.10 Å². The standard InChI is InChI=1S/C22H38N10O/c1-17(2)24-6-3-9-32-16-19(29-30-32)15-25-22-27-20(26-18-4-7-23-8-5-18)14-21(28-22)31-10-12-33-13-11-31/h14,16-18,23-24H,3-13,15H2,1-2H3,(H2,25,26,27,28). The van der Waals surface area contributed by atoms with Crippen molar-refractivity contribution < 1.29 is 4.74 Å². The van der Waals surface area contributed by atoms with Gasteiger partial charge in [0.05, 0.1) is 26.0 Å². The van der Waals surface area contributed by atoms with E-state index in [0.29, 0.717) is 24.6 Å². The topological polar surface area (TPSA) is 117 Å². The molecule has 0 aromatic carbocycles. The SMILES string of the molecule is CC(C)NCCCn1cc(CNc2nc(NC3CCNCC3)cc(N3CCOCC3)n2)nn1. The molecule has 11 heteroatoms. The van der Waals surface area contributed by atoms with Gasteiger partial charge in [-0.2, -0.15) is 9.97 Å². The highest BCUT2D eigenvalue weighted by atomic mass is 16.5. The molecule has 2 saturated heterocycles. The molecule has 0 aliphatic carbocycles. The first-order valence-corrected chi connectivity index (χ1v) is 12.2. The number of aryl methyl sites for hydroxylation is 1. The van der Waals surface area contributed by atoms with Crippen molar-refractivity contribution in [1.29, 1.82) is 0 Å². The molecular formula is C22H38N10O. The van der Waals surface area contributed by atoms with E-state index in [4.69, 9.17) is 14.7 Å². The van der Waals surface area contributed by atoms with E-state index in [2.05, 4.69) is 56.4 Å². The molecule has 4 N–H and O–H groups in total. The lowest BCUT2D eigenvalue weighted by atomic mass is 10.1. The van der Waals surface area contributed by atoms with Crippen LogP contribution in [0.2, 0.25) is 0 Å². The Morgan fingerprint density at radius 1 is 1.18 bits per heavy atom. The molecule has 2 aliphatic heterocycles. The predicted octanol–water partition coefficient (Wildman–Crippen LogP) is 1.07. The van der Waals surface area contributed by atoms with E-state index in [0.717, 1.165) is 89.1 Å². The molecule has 0 saturated carbocycles. The summed E-state index contributed by atoms with van der Waals surface area (Å²) in [5.41, 5.74) is 0.875. The zero-order valence-corrected chi connectivity index (χ0v) is 19.9. The molecule has 2 aromatic heterocycles. The number of aromatic nitrogens is 5. The molecule has 0 radical (unpaired) electrons. The number of hydrogen-bond donors (Lipinski definition) is 4. The number of rotatable bonds is 11. The second-order valence-electron chi connectivity index (χ2n) is 8.99. The van der Waals surface area contributed by atoms with Crippen LogP contribution >= 0.6 is 0 Å². The van der Waals surface area contributed by atoms with Crippen molar-refractivity contribution in [3.8, 4) is 0 Å². The number of morpholine rings is 1. The summed E-state index contributed by atoms with van der Waals surface area (Å²) in [7, 11) is 0. The normalized spacial score (nSPS) is 17.5. The van der Waals surface area contributed by atoms with Gasteiger partial charge < -0.3 is 30.9 Å². The molecule has 2 aliphatic rings. The molecule has 182 valence electrons. The fourth-order valence-corrected chi connectivity index (χ4v) is 4.05. The lowest BCUT2D eigenvalue weighted by molar-refractivity contribution is 0.122. The average Bonchev–Trinajstić information content (AvgIpc) is 3.29. The van der Waals surface area contributed by atoms with Crippen LogP contribution in [-0.4, -0.2) is 83.0 Å². The first-order chi connectivity index (χ1) is 16.2. The van der Waals surface area contributed by atoms with Crippen LogP contribution in [0.15, 0.2) is 12.3 Å². The van der Waals surface area contributed by atoms with Crippen molar-refractivity contribution in [2.75, 3.05) is 61.5 Å². The van der Waals surface area contributed by atoms with Crippen LogP contribution in [0.5, 0.6) is 0 Å². The Hall–Kier alpha value is -2.50. The van der Waals surface area contributed by atoms with Crippen molar-refractivity contribution in [3.05, 3.63) is 18.0 Å². The Kier molecular flexibility index (Phi) is 8.67. The monoisotopic (exact) mass is 458 g/mol. The number of nitrogens with one attached hydrogen (secondary N) is 4. The second kappa shape index (κ2) is 12.1. The zero-order valence-electron chi connectivity index (χ0n) is 19.9. The van der Waals surface area contributed by atoms with Gasteiger partial charge in [0.25, 0.3) is 0 Å². The van der Waals surface area contributed by atoms with Crippen molar-refractivity contribution in [1.82, 2.24) is 35.6 Å². The van der Waals surface area contributed by atoms with Gasteiger partial charge in [0, 0.05) is 37.8 Å². The molecule has 2 aromatic rings. The van der Waals surface area contributed by atoms with E-state index in [9.17, 15) is 0 Å². The van der Waals surface area contributed by atoms with Crippen LogP contribution in [0.3, 0.4) is 0 Å². The summed E-state index contributed by atoms with van der Waals surface area (Å²) in [6.45, 7) is 11.8. The Morgan fingerprint density at radius 3 is 2.79 bits per heavy atom. The molecular weight excluding hydrogens is 420 g/mol. The molecule has 0 unspecified atom stereocenters. The summed E-state index contributed by atoms with van der Waals surface area (Å²) in [6.07, 6.45) is 5.19. The van der Waals surface area contributed by atoms with Crippen LogP contribution in [0.4, 0.5) is 17.6 Å². The van der Waals surface area contributed by atoms with Gasteiger partial charge in [0.2, 0.25) is 5.95 Å². The van der Waals surface area contributed by atoms with E-state index in [-0.39, 0.29) is 0 Å². The zero-order chi connectivity index (χ0) is 22.9. The lowest BCUT2D eigenvalue weighted by Crippen LogP contribution is -2.37. The molecule has 0 atom stereocenters. The fourth-order valence-electron chi connectivity index (χ4n) is 4.05. The summed E-state index contributed by atoms with van der Waals surface area (Å²) in [5.74, 6) is 2.39. The van der Waals surface area contributed by atoms with Gasteiger partial charge >= 0.3 is 0 Å². The van der Waals surface area contributed by atoms with Crippen LogP contribution < -0.4 is 26.2 Å². The minimum absolute atomic E-state index is 0.427. The van der Waals surface area contributed by atoms with Gasteiger partial charge in [0.15, 0.2) is 0 Å². The number of nitrogens with zero attached hydrogens (tertiary/aromatic N) is 6. The minimum Gasteiger partial charge on any atom is -0.378 e. The first-order valence-electron chi connectivity index (χ1n) is 12.2. The third kappa shape index (κ3) is 7.51. The largest absolute Gasteiger partial charge is 0.378 e.